The first kappa shape index (κ1) is 6.89. The Kier molecular flexibility index (Phi) is 2.36. The molecule has 0 aliphatic heterocycles. The van der Waals surface area contributed by atoms with Gasteiger partial charge in [0.05, 0.1) is 6.07 Å². The second-order valence-corrected chi connectivity index (χ2v) is 2.92. The highest BCUT2D eigenvalue weighted by Gasteiger charge is 2.29. The van der Waals surface area contributed by atoms with E-state index >= 15 is 0 Å². The molecule has 1 fully saturated rings. The maximum Gasteiger partial charge on any atom is 0.0624 e. The average Bonchev–Trinajstić information content (AvgIpc) is 1.82. The van der Waals surface area contributed by atoms with Gasteiger partial charge >= 0.3 is 0 Å². The minimum absolute atomic E-state index is 0.618. The molecule has 50 valence electrons. The molecule has 0 radical (unpaired) electrons. The number of alkyl halides is 1. The van der Waals surface area contributed by atoms with Crippen molar-refractivity contribution in [3.63, 3.8) is 0 Å². The van der Waals surface area contributed by atoms with Crippen LogP contribution < -0.4 is 0 Å². The summed E-state index contributed by atoms with van der Waals surface area (Å²) in [6.07, 6.45) is 3.15. The van der Waals surface area contributed by atoms with E-state index in [-0.39, 0.29) is 0 Å². The Morgan fingerprint density at radius 2 is 2.11 bits per heavy atom. The largest absolute Gasteiger partial charge is 0.198 e. The summed E-state index contributed by atoms with van der Waals surface area (Å²) in [5, 5.41) is 8.32. The van der Waals surface area contributed by atoms with Crippen molar-refractivity contribution < 1.29 is 0 Å². The van der Waals surface area contributed by atoms with Crippen LogP contribution in [0.15, 0.2) is 0 Å². The Morgan fingerprint density at radius 3 is 2.44 bits per heavy atom. The smallest absolute Gasteiger partial charge is 0.0624 e. The number of nitrogens with zero attached hydrogens (tertiary/aromatic N) is 1. The Hall–Kier alpha value is -0.220. The molecule has 2 atom stereocenters. The maximum absolute atomic E-state index is 8.32. The number of hydrogen-bond donors (Lipinski definition) is 0. The normalized spacial score (nSPS) is 32.9. The molecule has 0 aromatic carbocycles. The number of rotatable bonds is 2. The van der Waals surface area contributed by atoms with Crippen LogP contribution in [-0.4, -0.2) is 5.88 Å². The lowest BCUT2D eigenvalue weighted by molar-refractivity contribution is 0.205. The summed E-state index contributed by atoms with van der Waals surface area (Å²) < 4.78 is 0. The fourth-order valence-electron chi connectivity index (χ4n) is 1.23. The van der Waals surface area contributed by atoms with Crippen LogP contribution in [0.1, 0.15) is 19.3 Å². The molecule has 1 rings (SSSR count). The van der Waals surface area contributed by atoms with E-state index in [4.69, 9.17) is 16.9 Å². The highest BCUT2D eigenvalue weighted by molar-refractivity contribution is 6.18. The molecule has 0 N–H and O–H groups in total. The first-order valence-corrected chi connectivity index (χ1v) is 3.85. The molecule has 0 heterocycles. The van der Waals surface area contributed by atoms with Gasteiger partial charge in [-0.1, -0.05) is 0 Å². The molecule has 0 aromatic rings. The lowest BCUT2D eigenvalue weighted by atomic mass is 9.73. The van der Waals surface area contributed by atoms with Crippen molar-refractivity contribution in [1.82, 2.24) is 0 Å². The highest BCUT2D eigenvalue weighted by Crippen LogP contribution is 2.36. The van der Waals surface area contributed by atoms with E-state index in [0.29, 0.717) is 18.3 Å². The minimum Gasteiger partial charge on any atom is -0.198 e. The molecule has 1 aliphatic rings. The van der Waals surface area contributed by atoms with Crippen LogP contribution in [0.2, 0.25) is 0 Å². The molecular weight excluding hydrogens is 134 g/mol. The number of hydrogen-bond acceptors (Lipinski definition) is 1. The van der Waals surface area contributed by atoms with Crippen LogP contribution in [-0.2, 0) is 0 Å². The van der Waals surface area contributed by atoms with E-state index in [0.717, 1.165) is 5.88 Å². The average molecular weight is 144 g/mol. The van der Waals surface area contributed by atoms with Crippen molar-refractivity contribution in [3.05, 3.63) is 0 Å². The van der Waals surface area contributed by atoms with Crippen molar-refractivity contribution in [2.75, 3.05) is 5.88 Å². The predicted molar refractivity (Wildman–Crippen MR) is 37.2 cm³/mol. The van der Waals surface area contributed by atoms with Crippen LogP contribution >= 0.6 is 11.6 Å². The van der Waals surface area contributed by atoms with E-state index in [2.05, 4.69) is 6.07 Å². The monoisotopic (exact) mass is 143 g/mol. The summed E-state index contributed by atoms with van der Waals surface area (Å²) in [5.41, 5.74) is 0. The molecule has 0 aromatic heterocycles. The van der Waals surface area contributed by atoms with Gasteiger partial charge in [-0.05, 0) is 24.7 Å². The zero-order valence-corrected chi connectivity index (χ0v) is 6.06. The number of halogens is 1. The molecule has 2 unspecified atom stereocenters. The fourth-order valence-corrected chi connectivity index (χ4v) is 1.63. The van der Waals surface area contributed by atoms with Gasteiger partial charge in [0.2, 0.25) is 0 Å². The van der Waals surface area contributed by atoms with E-state index in [1.807, 2.05) is 0 Å². The third-order valence-corrected chi connectivity index (χ3v) is 2.52. The Balaban J connectivity index is 2.21. The number of nitriles is 1. The fraction of sp³-hybridized carbons (Fsp3) is 0.857. The van der Waals surface area contributed by atoms with Crippen LogP contribution in [0.5, 0.6) is 0 Å². The van der Waals surface area contributed by atoms with Gasteiger partial charge in [-0.2, -0.15) is 5.26 Å². The first-order valence-electron chi connectivity index (χ1n) is 3.31. The van der Waals surface area contributed by atoms with Crippen LogP contribution in [0.4, 0.5) is 0 Å². The Bertz CT molecular complexity index is 125. The molecule has 1 nitrogen and oxygen atoms in total. The summed E-state index contributed by atoms with van der Waals surface area (Å²) in [7, 11) is 0. The van der Waals surface area contributed by atoms with Crippen LogP contribution in [0.25, 0.3) is 0 Å². The topological polar surface area (TPSA) is 23.8 Å². The van der Waals surface area contributed by atoms with E-state index in [1.165, 1.54) is 12.8 Å². The summed E-state index contributed by atoms with van der Waals surface area (Å²) in [6.45, 7) is 0. The predicted octanol–water partition coefficient (Wildman–Crippen LogP) is 2.17. The summed E-state index contributed by atoms with van der Waals surface area (Å²) in [5.74, 6) is 2.01. The molecule has 9 heavy (non-hydrogen) atoms. The maximum atomic E-state index is 8.32. The van der Waals surface area contributed by atoms with Gasteiger partial charge in [0.15, 0.2) is 0 Å². The second-order valence-electron chi connectivity index (χ2n) is 2.61. The van der Waals surface area contributed by atoms with Gasteiger partial charge in [-0.25, -0.2) is 0 Å². The summed E-state index contributed by atoms with van der Waals surface area (Å²) in [4.78, 5) is 0. The second kappa shape index (κ2) is 3.08. The standard InChI is InChI=1S/C7H10ClN/c8-5-7-2-1-6(7)3-4-9/h6-7H,1-3,5H2. The van der Waals surface area contributed by atoms with E-state index < -0.39 is 0 Å². The van der Waals surface area contributed by atoms with E-state index in [1.54, 1.807) is 0 Å². The molecule has 1 aliphatic carbocycles. The highest BCUT2D eigenvalue weighted by atomic mass is 35.5. The molecule has 1 saturated carbocycles. The Morgan fingerprint density at radius 1 is 1.44 bits per heavy atom. The SMILES string of the molecule is N#CCC1CCC1CCl. The molecule has 0 spiro atoms. The zero-order valence-electron chi connectivity index (χ0n) is 5.31. The zero-order chi connectivity index (χ0) is 6.69. The molecule has 0 saturated heterocycles. The van der Waals surface area contributed by atoms with E-state index in [9.17, 15) is 0 Å². The van der Waals surface area contributed by atoms with Crippen LogP contribution in [0, 0.1) is 23.2 Å². The van der Waals surface area contributed by atoms with Crippen molar-refractivity contribution in [1.29, 1.82) is 5.26 Å². The van der Waals surface area contributed by atoms with Gasteiger partial charge in [-0.15, -0.1) is 11.6 Å². The minimum atomic E-state index is 0.618. The lowest BCUT2D eigenvalue weighted by Crippen LogP contribution is -2.26. The molecular formula is C7H10ClN. The summed E-state index contributed by atoms with van der Waals surface area (Å²) in [6, 6.07) is 2.18. The lowest BCUT2D eigenvalue weighted by Gasteiger charge is -2.33. The molecule has 0 amide bonds. The van der Waals surface area contributed by atoms with Crippen molar-refractivity contribution in [3.8, 4) is 6.07 Å². The van der Waals surface area contributed by atoms with Crippen LogP contribution in [0.3, 0.4) is 0 Å². The van der Waals surface area contributed by atoms with Gasteiger partial charge in [0.25, 0.3) is 0 Å². The first-order chi connectivity index (χ1) is 4.38. The Labute approximate surface area is 60.6 Å². The van der Waals surface area contributed by atoms with Gasteiger partial charge in [0.1, 0.15) is 0 Å². The molecule has 2 heteroatoms. The molecule has 0 bridgehead atoms. The third kappa shape index (κ3) is 1.37. The van der Waals surface area contributed by atoms with Crippen molar-refractivity contribution in [2.45, 2.75) is 19.3 Å². The van der Waals surface area contributed by atoms with Gasteiger partial charge in [-0.3, -0.25) is 0 Å². The van der Waals surface area contributed by atoms with Crippen molar-refractivity contribution in [2.24, 2.45) is 11.8 Å². The summed E-state index contributed by atoms with van der Waals surface area (Å²) >= 11 is 5.62. The quantitative estimate of drug-likeness (QED) is 0.544. The van der Waals surface area contributed by atoms with Gasteiger partial charge < -0.3 is 0 Å². The third-order valence-electron chi connectivity index (χ3n) is 2.13. The van der Waals surface area contributed by atoms with Gasteiger partial charge in [0, 0.05) is 12.3 Å². The van der Waals surface area contributed by atoms with Crippen molar-refractivity contribution >= 4 is 11.6 Å².